The first-order valence-corrected chi connectivity index (χ1v) is 10.8. The van der Waals surface area contributed by atoms with E-state index in [0.29, 0.717) is 17.9 Å². The molecule has 154 valence electrons. The van der Waals surface area contributed by atoms with Crippen LogP contribution in [0.4, 0.5) is 5.69 Å². The number of amides is 1. The lowest BCUT2D eigenvalue weighted by molar-refractivity contribution is 0.102. The van der Waals surface area contributed by atoms with Gasteiger partial charge in [0.15, 0.2) is 5.69 Å². The van der Waals surface area contributed by atoms with Gasteiger partial charge in [-0.2, -0.15) is 18.3 Å². The van der Waals surface area contributed by atoms with Crippen LogP contribution in [0.1, 0.15) is 23.3 Å². The quantitative estimate of drug-likeness (QED) is 0.673. The molecule has 3 aromatic rings. The van der Waals surface area contributed by atoms with Crippen molar-refractivity contribution >= 4 is 27.5 Å². The molecular weight excluding hydrogens is 404 g/mol. The van der Waals surface area contributed by atoms with Gasteiger partial charge in [0.2, 0.25) is 0 Å². The highest BCUT2D eigenvalue weighted by atomic mass is 32.2. The minimum atomic E-state index is -3.79. The minimum absolute atomic E-state index is 0.0725. The number of aromatic nitrogens is 3. The molecule has 2 heterocycles. The van der Waals surface area contributed by atoms with Crippen molar-refractivity contribution in [3.8, 4) is 5.69 Å². The predicted octanol–water partition coefficient (Wildman–Crippen LogP) is 2.33. The van der Waals surface area contributed by atoms with E-state index < -0.39 is 15.9 Å². The van der Waals surface area contributed by atoms with E-state index in [-0.39, 0.29) is 10.6 Å². The number of carbonyl (C=O) groups excluding carboxylic acids is 1. The van der Waals surface area contributed by atoms with Crippen molar-refractivity contribution in [2.45, 2.75) is 17.7 Å². The van der Waals surface area contributed by atoms with Crippen LogP contribution in [0, 0.1) is 0 Å². The van der Waals surface area contributed by atoms with Crippen LogP contribution in [0.5, 0.6) is 0 Å². The maximum atomic E-state index is 12.5. The average molecular weight is 424 g/mol. The second-order valence-electron chi connectivity index (χ2n) is 6.84. The molecular formula is C20H20N6O3S. The summed E-state index contributed by atoms with van der Waals surface area (Å²) in [6, 6.07) is 15.1. The molecule has 0 spiro atoms. The molecule has 0 bridgehead atoms. The Labute approximate surface area is 174 Å². The number of anilines is 1. The molecule has 1 aromatic heterocycles. The third-order valence-electron chi connectivity index (χ3n) is 4.68. The van der Waals surface area contributed by atoms with Gasteiger partial charge < -0.3 is 10.2 Å². The number of amidine groups is 1. The highest BCUT2D eigenvalue weighted by Gasteiger charge is 2.20. The maximum absolute atomic E-state index is 12.5. The van der Waals surface area contributed by atoms with Crippen molar-refractivity contribution in [2.75, 3.05) is 18.9 Å². The van der Waals surface area contributed by atoms with Gasteiger partial charge in [-0.3, -0.25) is 4.79 Å². The summed E-state index contributed by atoms with van der Waals surface area (Å²) in [6.45, 7) is 0.800. The van der Waals surface area contributed by atoms with E-state index in [4.69, 9.17) is 0 Å². The predicted molar refractivity (Wildman–Crippen MR) is 112 cm³/mol. The zero-order valence-electron chi connectivity index (χ0n) is 16.3. The lowest BCUT2D eigenvalue weighted by Crippen LogP contribution is -2.20. The number of nitrogens with one attached hydrogen (secondary N) is 1. The van der Waals surface area contributed by atoms with Gasteiger partial charge in [0.05, 0.1) is 16.8 Å². The number of para-hydroxylation sites is 1. The number of benzene rings is 2. The highest BCUT2D eigenvalue weighted by Crippen LogP contribution is 2.19. The van der Waals surface area contributed by atoms with E-state index in [1.165, 1.54) is 35.3 Å². The SMILES string of the molecule is CN1CCCC1=NS(=O)(=O)c1ccc(NC(=O)c2cnn(-c3ccccc3)n2)cc1. The zero-order chi connectivity index (χ0) is 21.1. The molecule has 30 heavy (non-hydrogen) atoms. The number of likely N-dealkylation sites (tertiary alicyclic amines) is 1. The van der Waals surface area contributed by atoms with E-state index in [2.05, 4.69) is 19.9 Å². The Kier molecular flexibility index (Phi) is 5.32. The second kappa shape index (κ2) is 8.07. The second-order valence-corrected chi connectivity index (χ2v) is 8.45. The molecule has 0 radical (unpaired) electrons. The van der Waals surface area contributed by atoms with Crippen LogP contribution in [0.15, 0.2) is 70.1 Å². The van der Waals surface area contributed by atoms with E-state index in [0.717, 1.165) is 18.7 Å². The van der Waals surface area contributed by atoms with Crippen LogP contribution in [0.2, 0.25) is 0 Å². The Morgan fingerprint density at radius 3 is 2.50 bits per heavy atom. The summed E-state index contributed by atoms with van der Waals surface area (Å²) in [5.74, 6) is 0.120. The summed E-state index contributed by atoms with van der Waals surface area (Å²) >= 11 is 0. The van der Waals surface area contributed by atoms with Crippen LogP contribution in [0.25, 0.3) is 5.69 Å². The molecule has 0 aliphatic carbocycles. The van der Waals surface area contributed by atoms with Crippen molar-refractivity contribution in [3.63, 3.8) is 0 Å². The summed E-state index contributed by atoms with van der Waals surface area (Å²) < 4.78 is 28.9. The van der Waals surface area contributed by atoms with E-state index >= 15 is 0 Å². The van der Waals surface area contributed by atoms with Gasteiger partial charge in [0.25, 0.3) is 15.9 Å². The minimum Gasteiger partial charge on any atom is -0.362 e. The summed E-state index contributed by atoms with van der Waals surface area (Å²) in [5, 5.41) is 11.0. The van der Waals surface area contributed by atoms with Gasteiger partial charge in [-0.25, -0.2) is 0 Å². The van der Waals surface area contributed by atoms with Crippen LogP contribution < -0.4 is 5.32 Å². The summed E-state index contributed by atoms with van der Waals surface area (Å²) in [7, 11) is -1.97. The molecule has 0 unspecified atom stereocenters. The average Bonchev–Trinajstić information content (AvgIpc) is 3.39. The van der Waals surface area contributed by atoms with Gasteiger partial charge in [0, 0.05) is 25.7 Å². The summed E-state index contributed by atoms with van der Waals surface area (Å²) in [6.07, 6.45) is 2.91. The molecule has 2 aromatic carbocycles. The Balaban J connectivity index is 1.46. The monoisotopic (exact) mass is 424 g/mol. The van der Waals surface area contributed by atoms with Gasteiger partial charge in [-0.15, -0.1) is 9.50 Å². The first kappa shape index (κ1) is 19.8. The van der Waals surface area contributed by atoms with Crippen LogP contribution in [-0.4, -0.2) is 53.6 Å². The number of rotatable bonds is 5. The summed E-state index contributed by atoms with van der Waals surface area (Å²) in [5.41, 5.74) is 1.32. The highest BCUT2D eigenvalue weighted by molar-refractivity contribution is 7.90. The molecule has 1 saturated heterocycles. The Morgan fingerprint density at radius 1 is 1.10 bits per heavy atom. The van der Waals surface area contributed by atoms with Crippen LogP contribution in [0.3, 0.4) is 0 Å². The molecule has 0 atom stereocenters. The normalized spacial score (nSPS) is 15.5. The van der Waals surface area contributed by atoms with E-state index in [1.807, 2.05) is 42.3 Å². The molecule has 9 nitrogen and oxygen atoms in total. The molecule has 1 aliphatic heterocycles. The molecule has 1 fully saturated rings. The van der Waals surface area contributed by atoms with Crippen molar-refractivity contribution < 1.29 is 13.2 Å². The lowest BCUT2D eigenvalue weighted by Gasteiger charge is -2.11. The molecule has 10 heteroatoms. The molecule has 1 amide bonds. The fraction of sp³-hybridized carbons (Fsp3) is 0.200. The number of carbonyl (C=O) groups is 1. The zero-order valence-corrected chi connectivity index (χ0v) is 17.1. The van der Waals surface area contributed by atoms with Crippen LogP contribution in [-0.2, 0) is 10.0 Å². The molecule has 1 aliphatic rings. The first-order chi connectivity index (χ1) is 14.4. The van der Waals surface area contributed by atoms with Gasteiger partial charge in [-0.05, 0) is 42.8 Å². The van der Waals surface area contributed by atoms with E-state index in [1.54, 1.807) is 0 Å². The number of sulfonamides is 1. The Bertz CT molecular complexity index is 1190. The fourth-order valence-electron chi connectivity index (χ4n) is 3.06. The van der Waals surface area contributed by atoms with Crippen molar-refractivity contribution in [3.05, 3.63) is 66.5 Å². The van der Waals surface area contributed by atoms with Crippen molar-refractivity contribution in [2.24, 2.45) is 4.40 Å². The standard InChI is InChI=1S/C20H20N6O3S/c1-25-13-5-8-19(25)24-30(28,29)17-11-9-15(10-12-17)22-20(27)18-14-21-26(23-18)16-6-3-2-4-7-16/h2-4,6-7,9-12,14H,5,8,13H2,1H3,(H,22,27). The smallest absolute Gasteiger partial charge is 0.283 e. The number of hydrogen-bond donors (Lipinski definition) is 1. The maximum Gasteiger partial charge on any atom is 0.283 e. The summed E-state index contributed by atoms with van der Waals surface area (Å²) in [4.78, 5) is 15.7. The largest absolute Gasteiger partial charge is 0.362 e. The first-order valence-electron chi connectivity index (χ1n) is 9.36. The van der Waals surface area contributed by atoms with Crippen LogP contribution >= 0.6 is 0 Å². The molecule has 1 N–H and O–H groups in total. The Hall–Kier alpha value is -3.53. The molecule has 0 saturated carbocycles. The van der Waals surface area contributed by atoms with Gasteiger partial charge in [-0.1, -0.05) is 18.2 Å². The topological polar surface area (TPSA) is 110 Å². The number of nitrogens with zero attached hydrogens (tertiary/aromatic N) is 5. The lowest BCUT2D eigenvalue weighted by atomic mass is 10.3. The third kappa shape index (κ3) is 4.23. The third-order valence-corrected chi connectivity index (χ3v) is 6.00. The molecule has 4 rings (SSSR count). The van der Waals surface area contributed by atoms with Gasteiger partial charge >= 0.3 is 0 Å². The number of hydrogen-bond acceptors (Lipinski definition) is 5. The fourth-order valence-corrected chi connectivity index (χ4v) is 4.15. The Morgan fingerprint density at radius 2 is 1.83 bits per heavy atom. The van der Waals surface area contributed by atoms with E-state index in [9.17, 15) is 13.2 Å². The van der Waals surface area contributed by atoms with Crippen molar-refractivity contribution in [1.29, 1.82) is 0 Å². The van der Waals surface area contributed by atoms with Gasteiger partial charge in [0.1, 0.15) is 5.84 Å². The van der Waals surface area contributed by atoms with Crippen molar-refractivity contribution in [1.82, 2.24) is 19.9 Å².